The molecule has 11 heavy (non-hydrogen) atoms. The van der Waals surface area contributed by atoms with Crippen molar-refractivity contribution in [2.75, 3.05) is 34.2 Å². The van der Waals surface area contributed by atoms with Gasteiger partial charge in [-0.1, -0.05) is 0 Å². The van der Waals surface area contributed by atoms with Crippen molar-refractivity contribution in [2.24, 2.45) is 0 Å². The quantitative estimate of drug-likeness (QED) is 0.584. The van der Waals surface area contributed by atoms with Gasteiger partial charge < -0.3 is 0 Å². The van der Waals surface area contributed by atoms with E-state index in [-0.39, 0.29) is 0 Å². The van der Waals surface area contributed by atoms with E-state index in [1.54, 1.807) is 0 Å². The Bertz CT molecular complexity index is 104. The van der Waals surface area contributed by atoms with E-state index in [9.17, 15) is 0 Å². The zero-order chi connectivity index (χ0) is 8.27. The van der Waals surface area contributed by atoms with Crippen LogP contribution in [0.5, 0.6) is 0 Å². The lowest BCUT2D eigenvalue weighted by Crippen LogP contribution is -2.51. The fourth-order valence-electron chi connectivity index (χ4n) is 1.74. The molecule has 1 N–H and O–H groups in total. The van der Waals surface area contributed by atoms with Gasteiger partial charge in [0.25, 0.3) is 0 Å². The maximum absolute atomic E-state index is 3.30. The Balaban J connectivity index is 2.51. The van der Waals surface area contributed by atoms with Gasteiger partial charge in [0.15, 0.2) is 0 Å². The first-order valence-corrected chi connectivity index (χ1v) is 4.33. The molecule has 0 amide bonds. The molecule has 3 nitrogen and oxygen atoms in total. The molecule has 1 heterocycles. The van der Waals surface area contributed by atoms with Crippen LogP contribution in [0.4, 0.5) is 0 Å². The third-order valence-corrected chi connectivity index (χ3v) is 2.36. The van der Waals surface area contributed by atoms with Gasteiger partial charge >= 0.3 is 0 Å². The van der Waals surface area contributed by atoms with E-state index in [0.717, 1.165) is 0 Å². The predicted molar refractivity (Wildman–Crippen MR) is 47.3 cm³/mol. The molecule has 1 saturated heterocycles. The van der Waals surface area contributed by atoms with Crippen LogP contribution in [0.15, 0.2) is 0 Å². The van der Waals surface area contributed by atoms with Gasteiger partial charge in [-0.15, -0.1) is 0 Å². The molecule has 0 bridgehead atoms. The van der Waals surface area contributed by atoms with E-state index in [2.05, 4.69) is 29.2 Å². The third-order valence-electron chi connectivity index (χ3n) is 2.36. The summed E-state index contributed by atoms with van der Waals surface area (Å²) in [6.07, 6.45) is 3.07. The van der Waals surface area contributed by atoms with Crippen molar-refractivity contribution < 1.29 is 0 Å². The molecule has 3 heteroatoms. The van der Waals surface area contributed by atoms with Crippen molar-refractivity contribution in [3.05, 3.63) is 0 Å². The molecule has 0 radical (unpaired) electrons. The van der Waals surface area contributed by atoms with Gasteiger partial charge in [-0.3, -0.25) is 15.1 Å². The topological polar surface area (TPSA) is 18.5 Å². The summed E-state index contributed by atoms with van der Waals surface area (Å²) >= 11 is 0. The highest BCUT2D eigenvalue weighted by Gasteiger charge is 2.19. The highest BCUT2D eigenvalue weighted by molar-refractivity contribution is 4.68. The van der Waals surface area contributed by atoms with Crippen molar-refractivity contribution in [1.29, 1.82) is 0 Å². The largest absolute Gasteiger partial charge is 0.292 e. The van der Waals surface area contributed by atoms with Crippen LogP contribution in [-0.4, -0.2) is 50.3 Å². The zero-order valence-corrected chi connectivity index (χ0v) is 7.80. The fourth-order valence-corrected chi connectivity index (χ4v) is 1.74. The van der Waals surface area contributed by atoms with Gasteiger partial charge in [0.2, 0.25) is 0 Å². The van der Waals surface area contributed by atoms with Crippen LogP contribution in [-0.2, 0) is 0 Å². The van der Waals surface area contributed by atoms with Gasteiger partial charge in [0, 0.05) is 13.1 Å². The van der Waals surface area contributed by atoms with Gasteiger partial charge in [-0.25, -0.2) is 0 Å². The summed E-state index contributed by atoms with van der Waals surface area (Å²) < 4.78 is 0. The number of rotatable bonds is 1. The molecule has 0 aliphatic carbocycles. The van der Waals surface area contributed by atoms with E-state index in [1.165, 1.54) is 25.9 Å². The summed E-state index contributed by atoms with van der Waals surface area (Å²) in [5.74, 6) is 0. The van der Waals surface area contributed by atoms with Crippen molar-refractivity contribution in [1.82, 2.24) is 15.1 Å². The Morgan fingerprint density at radius 1 is 1.09 bits per heavy atom. The van der Waals surface area contributed by atoms with Crippen LogP contribution < -0.4 is 5.32 Å². The molecule has 1 aliphatic heterocycles. The first-order chi connectivity index (χ1) is 5.25. The molecule has 1 aliphatic rings. The lowest BCUT2D eigenvalue weighted by molar-refractivity contribution is 0.0803. The molecule has 0 spiro atoms. The van der Waals surface area contributed by atoms with E-state index in [4.69, 9.17) is 0 Å². The fraction of sp³-hybridized carbons (Fsp3) is 1.00. The third kappa shape index (κ3) is 2.15. The van der Waals surface area contributed by atoms with Gasteiger partial charge in [-0.2, -0.15) is 0 Å². The van der Waals surface area contributed by atoms with Crippen LogP contribution in [0.25, 0.3) is 0 Å². The second kappa shape index (κ2) is 4.04. The lowest BCUT2D eigenvalue weighted by atomic mass is 10.3. The number of hydrogen-bond acceptors (Lipinski definition) is 3. The van der Waals surface area contributed by atoms with Gasteiger partial charge in [0.1, 0.15) is 6.29 Å². The summed E-state index contributed by atoms with van der Waals surface area (Å²) in [6, 6.07) is 0. The Kier molecular flexibility index (Phi) is 3.30. The Hall–Kier alpha value is -0.120. The standard InChI is InChI=1S/C8H19N3/c1-9-8-10(2)6-4-5-7-11(8)3/h8-9H,4-7H2,1-3H3. The molecular weight excluding hydrogens is 138 g/mol. The molecule has 1 fully saturated rings. The summed E-state index contributed by atoms with van der Waals surface area (Å²) in [4.78, 5) is 4.71. The summed E-state index contributed by atoms with van der Waals surface area (Å²) in [7, 11) is 6.36. The minimum atomic E-state index is 0.428. The van der Waals surface area contributed by atoms with Crippen LogP contribution in [0, 0.1) is 0 Å². The molecule has 0 aromatic heterocycles. The minimum absolute atomic E-state index is 0.428. The van der Waals surface area contributed by atoms with Crippen LogP contribution in [0.2, 0.25) is 0 Å². The summed E-state index contributed by atoms with van der Waals surface area (Å²) in [6.45, 7) is 2.41. The molecule has 0 unspecified atom stereocenters. The molecule has 0 aromatic carbocycles. The van der Waals surface area contributed by atoms with E-state index >= 15 is 0 Å². The molecule has 0 aromatic rings. The zero-order valence-electron chi connectivity index (χ0n) is 7.80. The SMILES string of the molecule is CNC1N(C)CCCCN1C. The molecule has 1 rings (SSSR count). The van der Waals surface area contributed by atoms with Crippen molar-refractivity contribution >= 4 is 0 Å². The van der Waals surface area contributed by atoms with Crippen molar-refractivity contribution in [2.45, 2.75) is 19.1 Å². The van der Waals surface area contributed by atoms with Crippen LogP contribution in [0.3, 0.4) is 0 Å². The van der Waals surface area contributed by atoms with E-state index in [1.807, 2.05) is 7.05 Å². The summed E-state index contributed by atoms with van der Waals surface area (Å²) in [5.41, 5.74) is 0. The maximum Gasteiger partial charge on any atom is 0.116 e. The predicted octanol–water partition coefficient (Wildman–Crippen LogP) is 0.147. The molecule has 0 saturated carbocycles. The smallest absolute Gasteiger partial charge is 0.116 e. The maximum atomic E-state index is 3.30. The highest BCUT2D eigenvalue weighted by atomic mass is 15.4. The van der Waals surface area contributed by atoms with E-state index < -0.39 is 0 Å². The van der Waals surface area contributed by atoms with Crippen molar-refractivity contribution in [3.63, 3.8) is 0 Å². The molecule has 66 valence electrons. The molecular formula is C8H19N3. The normalized spacial score (nSPS) is 25.4. The van der Waals surface area contributed by atoms with Crippen molar-refractivity contribution in [3.8, 4) is 0 Å². The highest BCUT2D eigenvalue weighted by Crippen LogP contribution is 2.07. The van der Waals surface area contributed by atoms with Gasteiger partial charge in [0.05, 0.1) is 0 Å². The van der Waals surface area contributed by atoms with Crippen LogP contribution >= 0.6 is 0 Å². The first kappa shape index (κ1) is 8.97. The Morgan fingerprint density at radius 3 is 1.91 bits per heavy atom. The lowest BCUT2D eigenvalue weighted by Gasteiger charge is -2.32. The number of hydrogen-bond donors (Lipinski definition) is 1. The second-order valence-corrected chi connectivity index (χ2v) is 3.33. The van der Waals surface area contributed by atoms with Crippen LogP contribution in [0.1, 0.15) is 12.8 Å². The molecule has 0 atom stereocenters. The summed E-state index contributed by atoms with van der Waals surface area (Å²) in [5, 5.41) is 3.30. The number of nitrogens with zero attached hydrogens (tertiary/aromatic N) is 2. The van der Waals surface area contributed by atoms with E-state index in [0.29, 0.717) is 6.29 Å². The first-order valence-electron chi connectivity index (χ1n) is 4.33. The number of nitrogens with one attached hydrogen (secondary N) is 1. The Labute approximate surface area is 69.4 Å². The Morgan fingerprint density at radius 2 is 1.55 bits per heavy atom. The minimum Gasteiger partial charge on any atom is -0.292 e. The second-order valence-electron chi connectivity index (χ2n) is 3.33. The van der Waals surface area contributed by atoms with Gasteiger partial charge in [-0.05, 0) is 34.0 Å². The average Bonchev–Trinajstić information content (AvgIpc) is 2.12. The monoisotopic (exact) mass is 157 g/mol. The average molecular weight is 157 g/mol.